The first-order valence-electron chi connectivity index (χ1n) is 11.8. The number of hydrogen-bond donors (Lipinski definition) is 1. The maximum atomic E-state index is 12.8. The van der Waals surface area contributed by atoms with Crippen LogP contribution in [0.1, 0.15) is 57.1 Å². The smallest absolute Gasteiger partial charge is 0.421 e. The van der Waals surface area contributed by atoms with Crippen LogP contribution < -0.4 is 4.72 Å². The summed E-state index contributed by atoms with van der Waals surface area (Å²) in [5.41, 5.74) is 3.59. The van der Waals surface area contributed by atoms with Crippen molar-refractivity contribution in [3.8, 4) is 11.1 Å². The van der Waals surface area contributed by atoms with Gasteiger partial charge in [-0.15, -0.1) is 11.8 Å². The van der Waals surface area contributed by atoms with E-state index in [2.05, 4.69) is 31.6 Å². The number of thioether (sulfide) groups is 1. The molecule has 2 aromatic carbocycles. The maximum absolute atomic E-state index is 12.8. The summed E-state index contributed by atoms with van der Waals surface area (Å²) in [5, 5.41) is 1.08. The molecule has 1 N–H and O–H groups in total. The number of amides is 1. The lowest BCUT2D eigenvalue weighted by Gasteiger charge is -2.16. The summed E-state index contributed by atoms with van der Waals surface area (Å²) in [7, 11) is -4.09. The molecule has 1 unspecified atom stereocenters. The van der Waals surface area contributed by atoms with E-state index in [9.17, 15) is 13.2 Å². The van der Waals surface area contributed by atoms with Crippen LogP contribution in [-0.4, -0.2) is 36.9 Å². The fourth-order valence-electron chi connectivity index (χ4n) is 3.96. The number of nitrogens with zero attached hydrogens (tertiary/aromatic N) is 2. The summed E-state index contributed by atoms with van der Waals surface area (Å²) in [5.74, 6) is 1.45. The molecule has 0 bridgehead atoms. The molecule has 7 nitrogen and oxygen atoms in total. The second-order valence-corrected chi connectivity index (χ2v) is 10.6. The van der Waals surface area contributed by atoms with Gasteiger partial charge in [-0.3, -0.25) is 0 Å². The Morgan fingerprint density at radius 2 is 1.80 bits per heavy atom. The van der Waals surface area contributed by atoms with Crippen LogP contribution in [0, 0.1) is 0 Å². The number of sulfonamides is 1. The summed E-state index contributed by atoms with van der Waals surface area (Å²) in [4.78, 5) is 16.7. The minimum absolute atomic E-state index is 0.0207. The molecule has 0 fully saturated rings. The van der Waals surface area contributed by atoms with Gasteiger partial charge >= 0.3 is 6.09 Å². The predicted octanol–water partition coefficient (Wildman–Crippen LogP) is 5.83. The SMILES string of the molecule is CCOC(=O)NS(=O)(=O)c1ccccc1-c1ccc(Cn2c(C(C)CC)nc(SC)c2CC)cc1. The molecule has 188 valence electrons. The molecule has 0 saturated heterocycles. The van der Waals surface area contributed by atoms with Crippen molar-refractivity contribution in [2.75, 3.05) is 12.9 Å². The predicted molar refractivity (Wildman–Crippen MR) is 140 cm³/mol. The summed E-state index contributed by atoms with van der Waals surface area (Å²) in [6, 6.07) is 14.4. The lowest BCUT2D eigenvalue weighted by molar-refractivity contribution is 0.158. The third-order valence-corrected chi connectivity index (χ3v) is 8.01. The van der Waals surface area contributed by atoms with Crippen LogP contribution in [0.25, 0.3) is 11.1 Å². The van der Waals surface area contributed by atoms with E-state index < -0.39 is 16.1 Å². The first kappa shape index (κ1) is 26.8. The number of nitrogens with one attached hydrogen (secondary N) is 1. The number of aromatic nitrogens is 2. The Labute approximate surface area is 212 Å². The van der Waals surface area contributed by atoms with Gasteiger partial charge in [0.2, 0.25) is 0 Å². The molecule has 0 saturated carbocycles. The van der Waals surface area contributed by atoms with E-state index in [-0.39, 0.29) is 11.5 Å². The number of carbonyl (C=O) groups excluding carboxylic acids is 1. The Hall–Kier alpha value is -2.78. The van der Waals surface area contributed by atoms with Gasteiger partial charge in [0.05, 0.1) is 17.2 Å². The summed E-state index contributed by atoms with van der Waals surface area (Å²) < 4.78 is 34.7. The molecule has 1 aromatic heterocycles. The van der Waals surface area contributed by atoms with E-state index >= 15 is 0 Å². The molecule has 1 amide bonds. The van der Waals surface area contributed by atoms with Crippen molar-refractivity contribution in [3.05, 3.63) is 65.6 Å². The van der Waals surface area contributed by atoms with Gasteiger partial charge in [-0.05, 0) is 43.2 Å². The van der Waals surface area contributed by atoms with Gasteiger partial charge < -0.3 is 9.30 Å². The molecule has 0 spiro atoms. The fourth-order valence-corrected chi connectivity index (χ4v) is 5.76. The fraction of sp³-hybridized carbons (Fsp3) is 0.385. The zero-order valence-corrected chi connectivity index (χ0v) is 22.5. The van der Waals surface area contributed by atoms with Crippen molar-refractivity contribution in [1.29, 1.82) is 0 Å². The molecule has 0 radical (unpaired) electrons. The van der Waals surface area contributed by atoms with Gasteiger partial charge in [0, 0.05) is 18.0 Å². The van der Waals surface area contributed by atoms with Gasteiger partial charge in [0.1, 0.15) is 10.9 Å². The Kier molecular flexibility index (Phi) is 9.02. The minimum Gasteiger partial charge on any atom is -0.449 e. The van der Waals surface area contributed by atoms with Crippen LogP contribution in [0.3, 0.4) is 0 Å². The van der Waals surface area contributed by atoms with Crippen molar-refractivity contribution < 1.29 is 17.9 Å². The highest BCUT2D eigenvalue weighted by molar-refractivity contribution is 7.98. The standard InChI is InChI=1S/C26H33N3O4S2/c1-6-18(4)24-27-25(34-5)22(7-2)29(24)17-19-13-15-20(16-14-19)21-11-9-10-12-23(21)35(31,32)28-26(30)33-8-3/h9-16,18H,6-8,17H2,1-5H3,(H,28,30). The zero-order valence-electron chi connectivity index (χ0n) is 20.9. The lowest BCUT2D eigenvalue weighted by Crippen LogP contribution is -2.31. The van der Waals surface area contributed by atoms with Crippen molar-refractivity contribution in [1.82, 2.24) is 14.3 Å². The second kappa shape index (κ2) is 11.8. The van der Waals surface area contributed by atoms with Crippen LogP contribution in [-0.2, 0) is 27.7 Å². The molecule has 0 aliphatic carbocycles. The monoisotopic (exact) mass is 515 g/mol. The normalized spacial score (nSPS) is 12.4. The van der Waals surface area contributed by atoms with Gasteiger partial charge in [-0.2, -0.15) is 0 Å². The highest BCUT2D eigenvalue weighted by atomic mass is 32.2. The minimum atomic E-state index is -4.09. The summed E-state index contributed by atoms with van der Waals surface area (Å²) >= 11 is 1.68. The molecule has 1 heterocycles. The molecule has 3 rings (SSSR count). The highest BCUT2D eigenvalue weighted by Crippen LogP contribution is 2.30. The Morgan fingerprint density at radius 3 is 2.40 bits per heavy atom. The Bertz CT molecular complexity index is 1270. The third kappa shape index (κ3) is 6.08. The van der Waals surface area contributed by atoms with E-state index in [1.807, 2.05) is 29.0 Å². The number of benzene rings is 2. The van der Waals surface area contributed by atoms with Crippen molar-refractivity contribution in [3.63, 3.8) is 0 Å². The number of hydrogen-bond acceptors (Lipinski definition) is 6. The van der Waals surface area contributed by atoms with Crippen molar-refractivity contribution >= 4 is 27.9 Å². The number of ether oxygens (including phenoxy) is 1. The average molecular weight is 516 g/mol. The zero-order chi connectivity index (χ0) is 25.6. The van der Waals surface area contributed by atoms with Gasteiger partial charge in [0.15, 0.2) is 0 Å². The van der Waals surface area contributed by atoms with Crippen LogP contribution in [0.5, 0.6) is 0 Å². The van der Waals surface area contributed by atoms with E-state index in [1.165, 1.54) is 11.8 Å². The molecule has 0 aliphatic heterocycles. The van der Waals surface area contributed by atoms with Crippen LogP contribution >= 0.6 is 11.8 Å². The molecule has 0 aliphatic rings. The van der Waals surface area contributed by atoms with Crippen LogP contribution in [0.2, 0.25) is 0 Å². The number of carbonyl (C=O) groups is 1. The van der Waals surface area contributed by atoms with Gasteiger partial charge in [0.25, 0.3) is 10.0 Å². The van der Waals surface area contributed by atoms with Crippen molar-refractivity contribution in [2.45, 2.75) is 62.9 Å². The number of imidazole rings is 1. The van der Waals surface area contributed by atoms with Crippen LogP contribution in [0.4, 0.5) is 4.79 Å². The average Bonchev–Trinajstić information content (AvgIpc) is 3.21. The number of rotatable bonds is 10. The largest absolute Gasteiger partial charge is 0.449 e. The van der Waals surface area contributed by atoms with Crippen molar-refractivity contribution in [2.24, 2.45) is 0 Å². The van der Waals surface area contributed by atoms with Crippen LogP contribution in [0.15, 0.2) is 58.5 Å². The topological polar surface area (TPSA) is 90.3 Å². The molecule has 9 heteroatoms. The highest BCUT2D eigenvalue weighted by Gasteiger charge is 2.23. The van der Waals surface area contributed by atoms with Gasteiger partial charge in [-0.1, -0.05) is 63.2 Å². The first-order valence-corrected chi connectivity index (χ1v) is 14.5. The molecular weight excluding hydrogens is 482 g/mol. The first-order chi connectivity index (χ1) is 16.7. The molecule has 35 heavy (non-hydrogen) atoms. The summed E-state index contributed by atoms with van der Waals surface area (Å²) in [6.45, 7) is 8.92. The van der Waals surface area contributed by atoms with E-state index in [0.717, 1.165) is 34.8 Å². The quantitative estimate of drug-likeness (QED) is 0.342. The molecule has 3 aromatic rings. The molecule has 1 atom stereocenters. The third-order valence-electron chi connectivity index (χ3n) is 5.92. The lowest BCUT2D eigenvalue weighted by atomic mass is 10.0. The summed E-state index contributed by atoms with van der Waals surface area (Å²) in [6.07, 6.45) is 2.98. The van der Waals surface area contributed by atoms with E-state index in [0.29, 0.717) is 18.0 Å². The Balaban J connectivity index is 1.94. The Morgan fingerprint density at radius 1 is 1.11 bits per heavy atom. The van der Waals surface area contributed by atoms with E-state index in [4.69, 9.17) is 9.72 Å². The van der Waals surface area contributed by atoms with E-state index in [1.54, 1.807) is 36.9 Å². The maximum Gasteiger partial charge on any atom is 0.421 e. The van der Waals surface area contributed by atoms with Gasteiger partial charge in [-0.25, -0.2) is 22.9 Å². The molecular formula is C26H33N3O4S2. The second-order valence-electron chi connectivity index (χ2n) is 8.19.